The van der Waals surface area contributed by atoms with Crippen LogP contribution >= 0.6 is 0 Å². The average molecular weight is 205 g/mol. The van der Waals surface area contributed by atoms with Gasteiger partial charge in [0.25, 0.3) is 5.82 Å². The second-order valence-electron chi connectivity index (χ2n) is 3.13. The first-order valence-electron chi connectivity index (χ1n) is 4.22. The molecule has 0 fully saturated rings. The van der Waals surface area contributed by atoms with Crippen LogP contribution in [0.15, 0.2) is 18.3 Å². The Kier molecular flexibility index (Phi) is 1.96. The van der Waals surface area contributed by atoms with Crippen molar-refractivity contribution in [1.29, 1.82) is 0 Å². The lowest BCUT2D eigenvalue weighted by atomic mass is 10.3. The summed E-state index contributed by atoms with van der Waals surface area (Å²) in [6.45, 7) is 1.83. The molecule has 0 aliphatic carbocycles. The van der Waals surface area contributed by atoms with Crippen molar-refractivity contribution in [2.24, 2.45) is 0 Å². The molecule has 76 valence electrons. The predicted octanol–water partition coefficient (Wildman–Crippen LogP) is 1.36. The molecule has 0 saturated heterocycles. The maximum atomic E-state index is 10.7. The van der Waals surface area contributed by atoms with Crippen molar-refractivity contribution < 1.29 is 9.72 Å². The standard InChI is InChI=1S/C9H7N3O3/c1-6-2-3-7-9(12(14)15)10-8(5-13)11(7)4-6/h2-5H,1H3. The fraction of sp³-hybridized carbons (Fsp3) is 0.111. The van der Waals surface area contributed by atoms with Crippen LogP contribution in [0.25, 0.3) is 5.52 Å². The molecule has 2 aromatic rings. The van der Waals surface area contributed by atoms with E-state index in [1.807, 2.05) is 6.92 Å². The summed E-state index contributed by atoms with van der Waals surface area (Å²) in [5.41, 5.74) is 1.23. The van der Waals surface area contributed by atoms with Gasteiger partial charge in [0.05, 0.1) is 0 Å². The fourth-order valence-electron chi connectivity index (χ4n) is 1.42. The van der Waals surface area contributed by atoms with Gasteiger partial charge in [0.2, 0.25) is 6.29 Å². The van der Waals surface area contributed by atoms with Crippen molar-refractivity contribution in [3.8, 4) is 0 Å². The minimum Gasteiger partial charge on any atom is -0.358 e. The molecular weight excluding hydrogens is 198 g/mol. The van der Waals surface area contributed by atoms with Gasteiger partial charge in [-0.1, -0.05) is 6.07 Å². The molecule has 0 unspecified atom stereocenters. The highest BCUT2D eigenvalue weighted by molar-refractivity contribution is 5.76. The number of carbonyl (C=O) groups is 1. The van der Waals surface area contributed by atoms with E-state index in [1.54, 1.807) is 18.3 Å². The van der Waals surface area contributed by atoms with E-state index in [1.165, 1.54) is 4.40 Å². The Labute approximate surface area is 84.3 Å². The molecular formula is C9H7N3O3. The number of aryl methyl sites for hydroxylation is 1. The van der Waals surface area contributed by atoms with Gasteiger partial charge in [-0.15, -0.1) is 0 Å². The van der Waals surface area contributed by atoms with Gasteiger partial charge in [-0.25, -0.2) is 0 Å². The van der Waals surface area contributed by atoms with Crippen molar-refractivity contribution in [1.82, 2.24) is 9.38 Å². The molecule has 2 heterocycles. The number of nitro groups is 1. The Hall–Kier alpha value is -2.24. The minimum atomic E-state index is -0.600. The van der Waals surface area contributed by atoms with Crippen molar-refractivity contribution in [2.75, 3.05) is 0 Å². The number of fused-ring (bicyclic) bond motifs is 1. The summed E-state index contributed by atoms with van der Waals surface area (Å²) in [6.07, 6.45) is 2.14. The van der Waals surface area contributed by atoms with E-state index in [9.17, 15) is 14.9 Å². The van der Waals surface area contributed by atoms with Gasteiger partial charge in [0, 0.05) is 6.20 Å². The normalized spacial score (nSPS) is 10.5. The molecule has 0 spiro atoms. The Balaban J connectivity index is 2.86. The van der Waals surface area contributed by atoms with Crippen molar-refractivity contribution >= 4 is 17.6 Å². The summed E-state index contributed by atoms with van der Waals surface area (Å²) in [4.78, 5) is 24.3. The Morgan fingerprint density at radius 2 is 2.27 bits per heavy atom. The maximum absolute atomic E-state index is 10.7. The van der Waals surface area contributed by atoms with Crippen LogP contribution in [0, 0.1) is 17.0 Å². The van der Waals surface area contributed by atoms with Crippen molar-refractivity contribution in [2.45, 2.75) is 6.92 Å². The highest BCUT2D eigenvalue weighted by Gasteiger charge is 2.21. The van der Waals surface area contributed by atoms with E-state index in [0.717, 1.165) is 5.56 Å². The lowest BCUT2D eigenvalue weighted by Gasteiger charge is -1.95. The number of pyridine rings is 1. The summed E-state index contributed by atoms with van der Waals surface area (Å²) in [5, 5.41) is 10.6. The zero-order valence-electron chi connectivity index (χ0n) is 7.88. The first-order valence-corrected chi connectivity index (χ1v) is 4.22. The predicted molar refractivity (Wildman–Crippen MR) is 52.0 cm³/mol. The van der Waals surface area contributed by atoms with Gasteiger partial charge in [-0.05, 0) is 28.5 Å². The maximum Gasteiger partial charge on any atom is 0.390 e. The molecule has 15 heavy (non-hydrogen) atoms. The van der Waals surface area contributed by atoms with E-state index < -0.39 is 4.92 Å². The average Bonchev–Trinajstić information content (AvgIpc) is 2.55. The second-order valence-corrected chi connectivity index (χ2v) is 3.13. The highest BCUT2D eigenvalue weighted by atomic mass is 16.6. The number of carbonyl (C=O) groups excluding carboxylic acids is 1. The number of hydrogen-bond donors (Lipinski definition) is 0. The molecule has 6 heteroatoms. The topological polar surface area (TPSA) is 77.5 Å². The summed E-state index contributed by atoms with van der Waals surface area (Å²) >= 11 is 0. The Morgan fingerprint density at radius 3 is 2.87 bits per heavy atom. The molecule has 0 amide bonds. The molecule has 0 saturated carbocycles. The highest BCUT2D eigenvalue weighted by Crippen LogP contribution is 2.20. The van der Waals surface area contributed by atoms with E-state index in [-0.39, 0.29) is 11.6 Å². The van der Waals surface area contributed by atoms with Crippen LogP contribution < -0.4 is 0 Å². The number of aromatic nitrogens is 2. The van der Waals surface area contributed by atoms with E-state index in [2.05, 4.69) is 4.98 Å². The summed E-state index contributed by atoms with van der Waals surface area (Å²) in [5.74, 6) is -0.252. The zero-order chi connectivity index (χ0) is 11.0. The quantitative estimate of drug-likeness (QED) is 0.421. The summed E-state index contributed by atoms with van der Waals surface area (Å²) < 4.78 is 1.42. The molecule has 0 aliphatic heterocycles. The lowest BCUT2D eigenvalue weighted by Crippen LogP contribution is -1.92. The van der Waals surface area contributed by atoms with Gasteiger partial charge in [0.15, 0.2) is 0 Å². The molecule has 0 atom stereocenters. The van der Waals surface area contributed by atoms with Crippen molar-refractivity contribution in [3.05, 3.63) is 39.8 Å². The monoisotopic (exact) mass is 205 g/mol. The number of imidazole rings is 1. The molecule has 0 bridgehead atoms. The Bertz CT molecular complexity index is 559. The molecule has 0 N–H and O–H groups in total. The molecule has 0 radical (unpaired) electrons. The van der Waals surface area contributed by atoms with Gasteiger partial charge < -0.3 is 10.1 Å². The first-order chi connectivity index (χ1) is 7.13. The third-order valence-electron chi connectivity index (χ3n) is 2.07. The van der Waals surface area contributed by atoms with Gasteiger partial charge in [-0.2, -0.15) is 0 Å². The molecule has 6 nitrogen and oxygen atoms in total. The molecule has 2 rings (SSSR count). The first kappa shape index (κ1) is 9.32. The number of nitrogens with zero attached hydrogens (tertiary/aromatic N) is 3. The number of hydrogen-bond acceptors (Lipinski definition) is 4. The third-order valence-corrected chi connectivity index (χ3v) is 2.07. The SMILES string of the molecule is Cc1ccc2c([N+](=O)[O-])nc(C=O)n2c1. The van der Waals surface area contributed by atoms with E-state index >= 15 is 0 Å². The lowest BCUT2D eigenvalue weighted by molar-refractivity contribution is -0.387. The van der Waals surface area contributed by atoms with Gasteiger partial charge in [-0.3, -0.25) is 9.20 Å². The van der Waals surface area contributed by atoms with Crippen LogP contribution in [-0.4, -0.2) is 20.6 Å². The van der Waals surface area contributed by atoms with Crippen LogP contribution in [0.4, 0.5) is 5.82 Å². The van der Waals surface area contributed by atoms with Gasteiger partial charge in [0.1, 0.15) is 5.52 Å². The fourth-order valence-corrected chi connectivity index (χ4v) is 1.42. The number of rotatable bonds is 2. The smallest absolute Gasteiger partial charge is 0.358 e. The Morgan fingerprint density at radius 1 is 1.53 bits per heavy atom. The van der Waals surface area contributed by atoms with Crippen LogP contribution in [0.1, 0.15) is 16.2 Å². The summed E-state index contributed by atoms with van der Waals surface area (Å²) in [7, 11) is 0. The van der Waals surface area contributed by atoms with Crippen LogP contribution in [0.2, 0.25) is 0 Å². The number of aldehydes is 1. The zero-order valence-corrected chi connectivity index (χ0v) is 7.88. The van der Waals surface area contributed by atoms with E-state index in [0.29, 0.717) is 11.8 Å². The largest absolute Gasteiger partial charge is 0.390 e. The van der Waals surface area contributed by atoms with E-state index in [4.69, 9.17) is 0 Å². The van der Waals surface area contributed by atoms with Gasteiger partial charge >= 0.3 is 5.82 Å². The van der Waals surface area contributed by atoms with Crippen LogP contribution in [0.5, 0.6) is 0 Å². The minimum absolute atomic E-state index is 0.0420. The van der Waals surface area contributed by atoms with Crippen LogP contribution in [0.3, 0.4) is 0 Å². The molecule has 0 aromatic carbocycles. The molecule has 0 aliphatic rings. The van der Waals surface area contributed by atoms with Crippen LogP contribution in [-0.2, 0) is 0 Å². The summed E-state index contributed by atoms with van der Waals surface area (Å²) in [6, 6.07) is 3.31. The third kappa shape index (κ3) is 1.35. The van der Waals surface area contributed by atoms with Crippen molar-refractivity contribution in [3.63, 3.8) is 0 Å². The molecule has 2 aromatic heterocycles. The second kappa shape index (κ2) is 3.16.